The number of hydrogen-bond acceptors (Lipinski definition) is 5. The van der Waals surface area contributed by atoms with Gasteiger partial charge in [0.15, 0.2) is 0 Å². The zero-order valence-corrected chi connectivity index (χ0v) is 14.1. The molecule has 1 aromatic rings. The van der Waals surface area contributed by atoms with Gasteiger partial charge in [-0.25, -0.2) is 9.59 Å². The van der Waals surface area contributed by atoms with Crippen LogP contribution >= 0.6 is 11.8 Å². The molecular weight excluding hydrogens is 332 g/mol. The Hall–Kier alpha value is -2.22. The van der Waals surface area contributed by atoms with Crippen molar-refractivity contribution in [3.8, 4) is 0 Å². The number of carboxylic acid groups (broad SMARTS) is 1. The first-order chi connectivity index (χ1) is 11.3. The molecule has 2 N–H and O–H groups in total. The Kier molecular flexibility index (Phi) is 4.16. The lowest BCUT2D eigenvalue weighted by Crippen LogP contribution is -2.48. The monoisotopic (exact) mass is 350 g/mol. The third-order valence-corrected chi connectivity index (χ3v) is 5.68. The Morgan fingerprint density at radius 1 is 1.33 bits per heavy atom. The van der Waals surface area contributed by atoms with Crippen LogP contribution in [0.25, 0.3) is 0 Å². The SMILES string of the molecule is CC1(C)S[C@@H]2[C@H](C(=O)NCc3ccccc3)OC(=O)N2[C@H]1C(=O)O. The number of carbonyl (C=O) groups is 3. The molecule has 0 aliphatic carbocycles. The Morgan fingerprint density at radius 2 is 2.00 bits per heavy atom. The fourth-order valence-electron chi connectivity index (χ4n) is 3.04. The average Bonchev–Trinajstić information content (AvgIpc) is 2.98. The van der Waals surface area contributed by atoms with Crippen molar-refractivity contribution in [3.05, 3.63) is 35.9 Å². The minimum absolute atomic E-state index is 0.316. The van der Waals surface area contributed by atoms with E-state index < -0.39 is 40.2 Å². The van der Waals surface area contributed by atoms with Crippen LogP contribution in [0.3, 0.4) is 0 Å². The largest absolute Gasteiger partial charge is 0.480 e. The Balaban J connectivity index is 1.73. The van der Waals surface area contributed by atoms with E-state index in [0.29, 0.717) is 6.54 Å². The van der Waals surface area contributed by atoms with Gasteiger partial charge in [-0.1, -0.05) is 30.3 Å². The van der Waals surface area contributed by atoms with Crippen molar-refractivity contribution in [2.24, 2.45) is 0 Å². The van der Waals surface area contributed by atoms with Crippen molar-refractivity contribution in [2.75, 3.05) is 0 Å². The number of carboxylic acids is 1. The molecule has 0 radical (unpaired) electrons. The zero-order valence-electron chi connectivity index (χ0n) is 13.3. The molecule has 7 nitrogen and oxygen atoms in total. The molecule has 0 aromatic heterocycles. The van der Waals surface area contributed by atoms with E-state index in [-0.39, 0.29) is 0 Å². The van der Waals surface area contributed by atoms with Crippen molar-refractivity contribution >= 4 is 29.7 Å². The van der Waals surface area contributed by atoms with Crippen molar-refractivity contribution in [1.82, 2.24) is 10.2 Å². The highest BCUT2D eigenvalue weighted by atomic mass is 32.2. The highest BCUT2D eigenvalue weighted by Gasteiger charge is 2.62. The second-order valence-electron chi connectivity index (χ2n) is 6.27. The minimum Gasteiger partial charge on any atom is -0.480 e. The second kappa shape index (κ2) is 6.01. The molecule has 24 heavy (non-hydrogen) atoms. The molecule has 2 fully saturated rings. The molecular formula is C16H18N2O5S. The van der Waals surface area contributed by atoms with Crippen LogP contribution in [0.1, 0.15) is 19.4 Å². The van der Waals surface area contributed by atoms with Gasteiger partial charge in [0.25, 0.3) is 5.91 Å². The summed E-state index contributed by atoms with van der Waals surface area (Å²) in [5.74, 6) is -1.52. The summed E-state index contributed by atoms with van der Waals surface area (Å²) in [4.78, 5) is 37.2. The minimum atomic E-state index is -1.10. The van der Waals surface area contributed by atoms with Crippen LogP contribution in [0.2, 0.25) is 0 Å². The van der Waals surface area contributed by atoms with E-state index >= 15 is 0 Å². The molecule has 0 bridgehead atoms. The van der Waals surface area contributed by atoms with Crippen LogP contribution in [0.15, 0.2) is 30.3 Å². The van der Waals surface area contributed by atoms with E-state index in [1.165, 1.54) is 16.7 Å². The number of nitrogens with one attached hydrogen (secondary N) is 1. The lowest BCUT2D eigenvalue weighted by atomic mass is 10.0. The van der Waals surface area contributed by atoms with Crippen molar-refractivity contribution < 1.29 is 24.2 Å². The number of hydrogen-bond donors (Lipinski definition) is 2. The number of aliphatic carboxylic acids is 1. The van der Waals surface area contributed by atoms with E-state index in [2.05, 4.69) is 5.32 Å². The first-order valence-electron chi connectivity index (χ1n) is 7.52. The Labute approximate surface area is 143 Å². The predicted octanol–water partition coefficient (Wildman–Crippen LogP) is 1.43. The topological polar surface area (TPSA) is 95.9 Å². The van der Waals surface area contributed by atoms with E-state index in [1.807, 2.05) is 30.3 Å². The van der Waals surface area contributed by atoms with Crippen LogP contribution in [0, 0.1) is 0 Å². The fourth-order valence-corrected chi connectivity index (χ4v) is 4.63. The summed E-state index contributed by atoms with van der Waals surface area (Å²) in [6, 6.07) is 8.34. The number of ether oxygens (including phenoxy) is 1. The van der Waals surface area contributed by atoms with Crippen molar-refractivity contribution in [3.63, 3.8) is 0 Å². The number of benzene rings is 1. The molecule has 2 aliphatic rings. The van der Waals surface area contributed by atoms with Gasteiger partial charge in [0.1, 0.15) is 11.4 Å². The van der Waals surface area contributed by atoms with Crippen molar-refractivity contribution in [2.45, 2.75) is 42.7 Å². The van der Waals surface area contributed by atoms with Gasteiger partial charge in [-0.2, -0.15) is 0 Å². The average molecular weight is 350 g/mol. The first-order valence-corrected chi connectivity index (χ1v) is 8.40. The van der Waals surface area contributed by atoms with Crippen LogP contribution in [-0.2, 0) is 20.9 Å². The number of amides is 2. The van der Waals surface area contributed by atoms with Gasteiger partial charge in [-0.3, -0.25) is 9.69 Å². The number of fused-ring (bicyclic) bond motifs is 1. The first kappa shape index (κ1) is 16.6. The highest BCUT2D eigenvalue weighted by Crippen LogP contribution is 2.49. The van der Waals surface area contributed by atoms with Gasteiger partial charge in [-0.05, 0) is 19.4 Å². The molecule has 2 aliphatic heterocycles. The third kappa shape index (κ3) is 2.82. The number of thioether (sulfide) groups is 1. The lowest BCUT2D eigenvalue weighted by Gasteiger charge is -2.25. The summed E-state index contributed by atoms with van der Waals surface area (Å²) >= 11 is 1.28. The van der Waals surface area contributed by atoms with Gasteiger partial charge in [0.05, 0.1) is 0 Å². The Morgan fingerprint density at radius 3 is 2.62 bits per heavy atom. The lowest BCUT2D eigenvalue weighted by molar-refractivity contribution is -0.142. The summed E-state index contributed by atoms with van der Waals surface area (Å²) < 4.78 is 4.44. The van der Waals surface area contributed by atoms with Gasteiger partial charge < -0.3 is 15.2 Å². The summed E-state index contributed by atoms with van der Waals surface area (Å²) in [5, 5.41) is 11.5. The van der Waals surface area contributed by atoms with Crippen LogP contribution in [-0.4, -0.2) is 50.2 Å². The zero-order chi connectivity index (χ0) is 17.5. The second-order valence-corrected chi connectivity index (χ2v) is 8.04. The molecule has 0 saturated carbocycles. The maximum Gasteiger partial charge on any atom is 0.412 e. The van der Waals surface area contributed by atoms with Gasteiger partial charge in [0, 0.05) is 11.3 Å². The summed E-state index contributed by atoms with van der Waals surface area (Å²) in [6.45, 7) is 3.82. The number of carbonyl (C=O) groups excluding carboxylic acids is 2. The number of nitrogens with zero attached hydrogens (tertiary/aromatic N) is 1. The van der Waals surface area contributed by atoms with Gasteiger partial charge in [0.2, 0.25) is 6.10 Å². The van der Waals surface area contributed by atoms with Crippen molar-refractivity contribution in [1.29, 1.82) is 0 Å². The Bertz CT molecular complexity index is 678. The van der Waals surface area contributed by atoms with E-state index in [4.69, 9.17) is 4.74 Å². The molecule has 3 rings (SSSR count). The smallest absolute Gasteiger partial charge is 0.412 e. The summed E-state index contributed by atoms with van der Waals surface area (Å²) in [5.41, 5.74) is 0.926. The number of cyclic esters (lactones) is 1. The molecule has 3 atom stereocenters. The molecule has 2 heterocycles. The molecule has 0 spiro atoms. The van der Waals surface area contributed by atoms with E-state index in [0.717, 1.165) is 5.56 Å². The van der Waals surface area contributed by atoms with Gasteiger partial charge >= 0.3 is 12.1 Å². The predicted molar refractivity (Wildman–Crippen MR) is 87.3 cm³/mol. The third-order valence-electron chi connectivity index (χ3n) is 4.13. The normalized spacial score (nSPS) is 27.5. The van der Waals surface area contributed by atoms with E-state index in [9.17, 15) is 19.5 Å². The van der Waals surface area contributed by atoms with E-state index in [1.54, 1.807) is 13.8 Å². The molecule has 128 valence electrons. The fraction of sp³-hybridized carbons (Fsp3) is 0.438. The van der Waals surface area contributed by atoms with Gasteiger partial charge in [-0.15, -0.1) is 11.8 Å². The quantitative estimate of drug-likeness (QED) is 0.853. The van der Waals surface area contributed by atoms with Crippen LogP contribution < -0.4 is 5.32 Å². The van der Waals surface area contributed by atoms with Crippen LogP contribution in [0.5, 0.6) is 0 Å². The molecule has 8 heteroatoms. The summed E-state index contributed by atoms with van der Waals surface area (Å²) in [7, 11) is 0. The molecule has 1 aromatic carbocycles. The van der Waals surface area contributed by atoms with Crippen LogP contribution in [0.4, 0.5) is 4.79 Å². The number of rotatable bonds is 4. The maximum atomic E-state index is 12.4. The maximum absolute atomic E-state index is 12.4. The highest BCUT2D eigenvalue weighted by molar-refractivity contribution is 8.01. The molecule has 2 amide bonds. The molecule has 2 saturated heterocycles. The molecule has 0 unspecified atom stereocenters. The standard InChI is InChI=1S/C16H18N2O5S/c1-16(2)11(14(20)21)18-13(24-16)10(23-15(18)22)12(19)17-8-9-6-4-3-5-7-9/h3-7,10-11,13H,8H2,1-2H3,(H,17,19)(H,20,21)/t10-,11-,13+/m0/s1. The summed E-state index contributed by atoms with van der Waals surface area (Å²) in [6.07, 6.45) is -1.78.